The number of benzene rings is 4. The minimum Gasteiger partial charge on any atom is -0.207 e. The molecule has 0 atom stereocenters. The predicted octanol–water partition coefficient (Wildman–Crippen LogP) is 7.62. The van der Waals surface area contributed by atoms with Crippen LogP contribution in [0.5, 0.6) is 0 Å². The van der Waals surface area contributed by atoms with Crippen molar-refractivity contribution in [1.82, 2.24) is 0 Å². The van der Waals surface area contributed by atoms with Gasteiger partial charge < -0.3 is 0 Å². The van der Waals surface area contributed by atoms with Gasteiger partial charge in [0.15, 0.2) is 0 Å². The molecule has 0 aliphatic rings. The van der Waals surface area contributed by atoms with Crippen LogP contribution in [0.4, 0.5) is 4.39 Å². The first-order valence-electron chi connectivity index (χ1n) is 8.01. The quantitative estimate of drug-likeness (QED) is 0.229. The predicted molar refractivity (Wildman–Crippen MR) is 115 cm³/mol. The summed E-state index contributed by atoms with van der Waals surface area (Å²) in [5, 5.41) is 5.08. The van der Waals surface area contributed by atoms with Crippen LogP contribution in [0.2, 0.25) is 0 Å². The van der Waals surface area contributed by atoms with E-state index in [1.165, 1.54) is 40.1 Å². The maximum absolute atomic E-state index is 13.5. The number of rotatable bonds is 1. The van der Waals surface area contributed by atoms with Gasteiger partial charge in [-0.25, -0.2) is 4.39 Å². The van der Waals surface area contributed by atoms with Crippen molar-refractivity contribution in [2.75, 3.05) is 0 Å². The highest BCUT2D eigenvalue weighted by Gasteiger charge is 2.18. The van der Waals surface area contributed by atoms with Crippen molar-refractivity contribution in [1.29, 1.82) is 0 Å². The van der Waals surface area contributed by atoms with Crippen molar-refractivity contribution in [2.24, 2.45) is 0 Å². The first-order chi connectivity index (χ1) is 12.2. The van der Waals surface area contributed by atoms with Crippen LogP contribution in [0.15, 0.2) is 72.8 Å². The van der Waals surface area contributed by atoms with Crippen molar-refractivity contribution in [3.05, 3.63) is 82.2 Å². The molecule has 3 heteroatoms. The number of halogens is 2. The fraction of sp³-hybridized carbons (Fsp3) is 0. The van der Waals surface area contributed by atoms with Gasteiger partial charge >= 0.3 is 0 Å². The first-order valence-corrected chi connectivity index (χ1v) is 9.91. The summed E-state index contributed by atoms with van der Waals surface area (Å²) in [6.45, 7) is 0. The summed E-state index contributed by atoms with van der Waals surface area (Å²) < 4.78 is 17.3. The van der Waals surface area contributed by atoms with Gasteiger partial charge in [0.2, 0.25) is 0 Å². The minimum absolute atomic E-state index is 0.203. The standard InChI is InChI=1S/C22H12FIS/c23-14-11-9-13(10-12-14)19-20-17-7-3-4-8-18(17)25-22(20)16-6-2-1-5-15(16)21(19)24/h1-12H. The highest BCUT2D eigenvalue weighted by Crippen LogP contribution is 2.46. The Kier molecular flexibility index (Phi) is 3.54. The smallest absolute Gasteiger partial charge is 0.123 e. The molecule has 0 nitrogen and oxygen atoms in total. The Bertz CT molecular complexity index is 1250. The highest BCUT2D eigenvalue weighted by molar-refractivity contribution is 14.1. The average Bonchev–Trinajstić information content (AvgIpc) is 3.03. The molecular weight excluding hydrogens is 442 g/mol. The Morgan fingerprint density at radius 2 is 1.36 bits per heavy atom. The topological polar surface area (TPSA) is 0 Å². The van der Waals surface area contributed by atoms with Gasteiger partial charge in [-0.1, -0.05) is 54.6 Å². The molecule has 0 N–H and O–H groups in total. The molecular formula is C22H12FIS. The molecule has 25 heavy (non-hydrogen) atoms. The lowest BCUT2D eigenvalue weighted by Crippen LogP contribution is -1.88. The molecule has 0 bridgehead atoms. The van der Waals surface area contributed by atoms with Crippen LogP contribution in [-0.4, -0.2) is 0 Å². The van der Waals surface area contributed by atoms with E-state index in [4.69, 9.17) is 0 Å². The zero-order chi connectivity index (χ0) is 17.0. The summed E-state index contributed by atoms with van der Waals surface area (Å²) in [6, 6.07) is 23.9. The molecule has 0 fully saturated rings. The van der Waals surface area contributed by atoms with Crippen molar-refractivity contribution >= 4 is 64.9 Å². The molecule has 4 aromatic carbocycles. The molecule has 1 heterocycles. The van der Waals surface area contributed by atoms with Gasteiger partial charge in [-0.15, -0.1) is 11.3 Å². The van der Waals surface area contributed by atoms with Gasteiger partial charge in [-0.3, -0.25) is 0 Å². The molecule has 0 aliphatic heterocycles. The van der Waals surface area contributed by atoms with Gasteiger partial charge in [0.25, 0.3) is 0 Å². The number of fused-ring (bicyclic) bond motifs is 5. The zero-order valence-electron chi connectivity index (χ0n) is 13.1. The molecule has 0 unspecified atom stereocenters. The summed E-state index contributed by atoms with van der Waals surface area (Å²) in [4.78, 5) is 0. The monoisotopic (exact) mass is 454 g/mol. The van der Waals surface area contributed by atoms with E-state index in [1.54, 1.807) is 12.1 Å². The van der Waals surface area contributed by atoms with E-state index in [1.807, 2.05) is 23.5 Å². The first kappa shape index (κ1) is 15.3. The van der Waals surface area contributed by atoms with E-state index >= 15 is 0 Å². The summed E-state index contributed by atoms with van der Waals surface area (Å²) in [5.74, 6) is -0.203. The van der Waals surface area contributed by atoms with Crippen LogP contribution < -0.4 is 0 Å². The van der Waals surface area contributed by atoms with Crippen LogP contribution in [0.3, 0.4) is 0 Å². The van der Waals surface area contributed by atoms with E-state index in [0.29, 0.717) is 0 Å². The summed E-state index contributed by atoms with van der Waals surface area (Å²) in [6.07, 6.45) is 0. The van der Waals surface area contributed by atoms with Crippen LogP contribution in [-0.2, 0) is 0 Å². The van der Waals surface area contributed by atoms with Crippen molar-refractivity contribution in [2.45, 2.75) is 0 Å². The normalized spacial score (nSPS) is 11.6. The third-order valence-electron chi connectivity index (χ3n) is 4.61. The third-order valence-corrected chi connectivity index (χ3v) is 6.93. The Hall–Kier alpha value is -1.98. The maximum Gasteiger partial charge on any atom is 0.123 e. The van der Waals surface area contributed by atoms with E-state index in [-0.39, 0.29) is 5.82 Å². The van der Waals surface area contributed by atoms with E-state index in [2.05, 4.69) is 71.1 Å². The summed E-state index contributed by atoms with van der Waals surface area (Å²) >= 11 is 4.27. The van der Waals surface area contributed by atoms with Gasteiger partial charge in [-0.05, 0) is 51.7 Å². The van der Waals surface area contributed by atoms with E-state index in [9.17, 15) is 4.39 Å². The number of hydrogen-bond donors (Lipinski definition) is 0. The Morgan fingerprint density at radius 3 is 2.12 bits per heavy atom. The minimum atomic E-state index is -0.203. The molecule has 0 spiro atoms. The molecule has 0 radical (unpaired) electrons. The summed E-state index contributed by atoms with van der Waals surface area (Å²) in [5.41, 5.74) is 2.26. The lowest BCUT2D eigenvalue weighted by Gasteiger charge is -2.12. The van der Waals surface area contributed by atoms with Crippen LogP contribution >= 0.6 is 33.9 Å². The van der Waals surface area contributed by atoms with Gasteiger partial charge in [0, 0.05) is 34.7 Å². The van der Waals surface area contributed by atoms with Crippen LogP contribution in [0, 0.1) is 9.39 Å². The second-order valence-electron chi connectivity index (χ2n) is 6.04. The maximum atomic E-state index is 13.5. The second-order valence-corrected chi connectivity index (χ2v) is 8.17. The van der Waals surface area contributed by atoms with Crippen LogP contribution in [0.1, 0.15) is 0 Å². The third kappa shape index (κ3) is 2.29. The Balaban J connectivity index is 2.07. The zero-order valence-corrected chi connectivity index (χ0v) is 16.1. The SMILES string of the molecule is Fc1ccc(-c2c(I)c3ccccc3c3sc4ccccc4c23)cc1. The lowest BCUT2D eigenvalue weighted by atomic mass is 9.95. The molecule has 0 saturated heterocycles. The van der Waals surface area contributed by atoms with Crippen LogP contribution in [0.25, 0.3) is 42.1 Å². The van der Waals surface area contributed by atoms with Gasteiger partial charge in [0.1, 0.15) is 5.82 Å². The van der Waals surface area contributed by atoms with E-state index in [0.717, 1.165) is 5.56 Å². The fourth-order valence-electron chi connectivity index (χ4n) is 3.49. The molecule has 5 rings (SSSR count). The molecule has 0 aliphatic carbocycles. The van der Waals surface area contributed by atoms with Crippen molar-refractivity contribution < 1.29 is 4.39 Å². The number of hydrogen-bond acceptors (Lipinski definition) is 1. The largest absolute Gasteiger partial charge is 0.207 e. The molecule has 0 amide bonds. The van der Waals surface area contributed by atoms with E-state index < -0.39 is 0 Å². The fourth-order valence-corrected chi connectivity index (χ4v) is 5.79. The van der Waals surface area contributed by atoms with Gasteiger partial charge in [-0.2, -0.15) is 0 Å². The highest BCUT2D eigenvalue weighted by atomic mass is 127. The molecule has 0 saturated carbocycles. The second kappa shape index (κ2) is 5.78. The molecule has 120 valence electrons. The number of thiophene rings is 1. The molecule has 1 aromatic heterocycles. The lowest BCUT2D eigenvalue weighted by molar-refractivity contribution is 0.628. The Labute approximate surface area is 162 Å². The van der Waals surface area contributed by atoms with Crippen molar-refractivity contribution in [3.63, 3.8) is 0 Å². The van der Waals surface area contributed by atoms with Gasteiger partial charge in [0.05, 0.1) is 0 Å². The molecule has 5 aromatic rings. The van der Waals surface area contributed by atoms with Crippen molar-refractivity contribution in [3.8, 4) is 11.1 Å². The Morgan fingerprint density at radius 1 is 0.720 bits per heavy atom. The average molecular weight is 454 g/mol. The summed E-state index contributed by atoms with van der Waals surface area (Å²) in [7, 11) is 0.